The van der Waals surface area contributed by atoms with Crippen LogP contribution in [0.3, 0.4) is 0 Å². The molecule has 0 aliphatic carbocycles. The normalized spacial score (nSPS) is 11.0. The molecule has 0 spiro atoms. The summed E-state index contributed by atoms with van der Waals surface area (Å²) in [7, 11) is 3.97. The van der Waals surface area contributed by atoms with Crippen LogP contribution in [-0.2, 0) is 13.6 Å². The molecule has 0 aliphatic rings. The summed E-state index contributed by atoms with van der Waals surface area (Å²) in [6, 6.07) is 3.93. The topological polar surface area (TPSA) is 29.9 Å². The molecule has 0 radical (unpaired) electrons. The van der Waals surface area contributed by atoms with Crippen LogP contribution in [0.5, 0.6) is 0 Å². The van der Waals surface area contributed by atoms with Gasteiger partial charge in [0.2, 0.25) is 0 Å². The standard InChI is InChI=1S/C11H14ClN3S/c1-7-14-11(8(6-13-2)15(7)3)9-4-5-10(12)16-9/h4-5,13H,6H2,1-3H3. The Morgan fingerprint density at radius 1 is 1.50 bits per heavy atom. The molecule has 0 unspecified atom stereocenters. The van der Waals surface area contributed by atoms with Crippen molar-refractivity contribution in [2.75, 3.05) is 7.05 Å². The zero-order valence-electron chi connectivity index (χ0n) is 9.54. The quantitative estimate of drug-likeness (QED) is 0.914. The highest BCUT2D eigenvalue weighted by atomic mass is 35.5. The van der Waals surface area contributed by atoms with E-state index in [-0.39, 0.29) is 0 Å². The third-order valence-electron chi connectivity index (χ3n) is 2.59. The summed E-state index contributed by atoms with van der Waals surface area (Å²) in [6.45, 7) is 2.82. The van der Waals surface area contributed by atoms with E-state index in [1.165, 1.54) is 5.69 Å². The molecule has 3 nitrogen and oxygen atoms in total. The van der Waals surface area contributed by atoms with Gasteiger partial charge in [0.05, 0.1) is 14.9 Å². The Morgan fingerprint density at radius 3 is 2.81 bits per heavy atom. The van der Waals surface area contributed by atoms with E-state index >= 15 is 0 Å². The Balaban J connectivity index is 2.51. The molecule has 2 rings (SSSR count). The predicted molar refractivity (Wildman–Crippen MR) is 69.0 cm³/mol. The lowest BCUT2D eigenvalue weighted by molar-refractivity contribution is 0.722. The SMILES string of the molecule is CNCc1c(-c2ccc(Cl)s2)nc(C)n1C. The van der Waals surface area contributed by atoms with Gasteiger partial charge in [-0.25, -0.2) is 4.98 Å². The average molecular weight is 256 g/mol. The van der Waals surface area contributed by atoms with Gasteiger partial charge in [0.25, 0.3) is 0 Å². The maximum atomic E-state index is 5.95. The van der Waals surface area contributed by atoms with E-state index in [4.69, 9.17) is 11.6 Å². The van der Waals surface area contributed by atoms with Crippen LogP contribution in [0, 0.1) is 6.92 Å². The number of nitrogens with zero attached hydrogens (tertiary/aromatic N) is 2. The van der Waals surface area contributed by atoms with E-state index in [0.29, 0.717) is 0 Å². The number of hydrogen-bond acceptors (Lipinski definition) is 3. The van der Waals surface area contributed by atoms with E-state index < -0.39 is 0 Å². The maximum Gasteiger partial charge on any atom is 0.106 e. The second kappa shape index (κ2) is 4.57. The van der Waals surface area contributed by atoms with Crippen LogP contribution in [0.4, 0.5) is 0 Å². The monoisotopic (exact) mass is 255 g/mol. The molecule has 0 fully saturated rings. The van der Waals surface area contributed by atoms with Gasteiger partial charge in [-0.1, -0.05) is 11.6 Å². The van der Waals surface area contributed by atoms with Gasteiger partial charge in [0.15, 0.2) is 0 Å². The van der Waals surface area contributed by atoms with Crippen molar-refractivity contribution in [2.24, 2.45) is 7.05 Å². The number of thiophene rings is 1. The van der Waals surface area contributed by atoms with Crippen molar-refractivity contribution in [3.8, 4) is 10.6 Å². The molecule has 2 aromatic rings. The first kappa shape index (κ1) is 11.6. The van der Waals surface area contributed by atoms with Gasteiger partial charge in [0.1, 0.15) is 11.5 Å². The molecule has 0 aromatic carbocycles. The van der Waals surface area contributed by atoms with Crippen molar-refractivity contribution in [3.63, 3.8) is 0 Å². The summed E-state index contributed by atoms with van der Waals surface area (Å²) in [4.78, 5) is 5.71. The molecule has 2 aromatic heterocycles. The zero-order valence-corrected chi connectivity index (χ0v) is 11.1. The van der Waals surface area contributed by atoms with Gasteiger partial charge in [-0.3, -0.25) is 0 Å². The highest BCUT2D eigenvalue weighted by Gasteiger charge is 2.14. The summed E-state index contributed by atoms with van der Waals surface area (Å²) >= 11 is 7.52. The third kappa shape index (κ3) is 2.00. The summed E-state index contributed by atoms with van der Waals surface area (Å²) in [5.41, 5.74) is 2.23. The Morgan fingerprint density at radius 2 is 2.25 bits per heavy atom. The van der Waals surface area contributed by atoms with E-state index in [9.17, 15) is 0 Å². The molecule has 0 amide bonds. The Labute approximate surface area is 104 Å². The van der Waals surface area contributed by atoms with Crippen molar-refractivity contribution in [1.29, 1.82) is 0 Å². The van der Waals surface area contributed by atoms with E-state index in [2.05, 4.69) is 14.9 Å². The number of imidazole rings is 1. The molecule has 0 bridgehead atoms. The van der Waals surface area contributed by atoms with Crippen LogP contribution in [0.2, 0.25) is 4.34 Å². The smallest absolute Gasteiger partial charge is 0.106 e. The average Bonchev–Trinajstić information content (AvgIpc) is 2.78. The largest absolute Gasteiger partial charge is 0.334 e. The number of hydrogen-bond donors (Lipinski definition) is 1. The molecule has 16 heavy (non-hydrogen) atoms. The molecule has 1 N–H and O–H groups in total. The van der Waals surface area contributed by atoms with Crippen molar-refractivity contribution >= 4 is 22.9 Å². The van der Waals surface area contributed by atoms with E-state index in [1.807, 2.05) is 33.2 Å². The Kier molecular flexibility index (Phi) is 3.33. The summed E-state index contributed by atoms with van der Waals surface area (Å²) in [5, 5.41) is 3.17. The first-order valence-electron chi connectivity index (χ1n) is 5.06. The van der Waals surface area contributed by atoms with Crippen LogP contribution in [0.25, 0.3) is 10.6 Å². The molecule has 0 saturated carbocycles. The van der Waals surface area contributed by atoms with Crippen molar-refractivity contribution in [3.05, 3.63) is 28.0 Å². The fourth-order valence-corrected chi connectivity index (χ4v) is 2.72. The van der Waals surface area contributed by atoms with Crippen molar-refractivity contribution in [2.45, 2.75) is 13.5 Å². The molecule has 0 saturated heterocycles. The Bertz CT molecular complexity index is 501. The predicted octanol–water partition coefficient (Wildman–Crippen LogP) is 2.83. The van der Waals surface area contributed by atoms with Crippen LogP contribution in [-0.4, -0.2) is 16.6 Å². The minimum absolute atomic E-state index is 0.800. The number of aromatic nitrogens is 2. The van der Waals surface area contributed by atoms with Crippen LogP contribution < -0.4 is 5.32 Å². The van der Waals surface area contributed by atoms with E-state index in [1.54, 1.807) is 11.3 Å². The van der Waals surface area contributed by atoms with Crippen molar-refractivity contribution in [1.82, 2.24) is 14.9 Å². The summed E-state index contributed by atoms with van der Waals surface area (Å²) < 4.78 is 2.91. The molecule has 5 heteroatoms. The maximum absolute atomic E-state index is 5.95. The van der Waals surface area contributed by atoms with Gasteiger partial charge in [0, 0.05) is 13.6 Å². The van der Waals surface area contributed by atoms with Crippen molar-refractivity contribution < 1.29 is 0 Å². The lowest BCUT2D eigenvalue weighted by Gasteiger charge is -2.04. The van der Waals surface area contributed by atoms with Crippen LogP contribution in [0.1, 0.15) is 11.5 Å². The van der Waals surface area contributed by atoms with Gasteiger partial charge in [-0.05, 0) is 26.1 Å². The summed E-state index contributed by atoms with van der Waals surface area (Å²) in [6.07, 6.45) is 0. The minimum Gasteiger partial charge on any atom is -0.334 e. The second-order valence-electron chi connectivity index (χ2n) is 3.65. The number of aryl methyl sites for hydroxylation is 1. The summed E-state index contributed by atoms with van der Waals surface area (Å²) in [5.74, 6) is 1.02. The van der Waals surface area contributed by atoms with E-state index in [0.717, 1.165) is 27.3 Å². The van der Waals surface area contributed by atoms with Crippen LogP contribution in [0.15, 0.2) is 12.1 Å². The molecular formula is C11H14ClN3S. The molecule has 0 aliphatic heterocycles. The molecule has 0 atom stereocenters. The molecule has 2 heterocycles. The van der Waals surface area contributed by atoms with Crippen LogP contribution >= 0.6 is 22.9 Å². The fraction of sp³-hybridized carbons (Fsp3) is 0.364. The fourth-order valence-electron chi connectivity index (χ4n) is 1.66. The van der Waals surface area contributed by atoms with Gasteiger partial charge < -0.3 is 9.88 Å². The first-order chi connectivity index (χ1) is 7.63. The van der Waals surface area contributed by atoms with Gasteiger partial charge >= 0.3 is 0 Å². The first-order valence-corrected chi connectivity index (χ1v) is 6.25. The lowest BCUT2D eigenvalue weighted by atomic mass is 10.2. The zero-order chi connectivity index (χ0) is 11.7. The molecular weight excluding hydrogens is 242 g/mol. The molecule has 86 valence electrons. The highest BCUT2D eigenvalue weighted by molar-refractivity contribution is 7.19. The minimum atomic E-state index is 0.800. The third-order valence-corrected chi connectivity index (χ3v) is 3.83. The number of halogens is 1. The van der Waals surface area contributed by atoms with Gasteiger partial charge in [-0.2, -0.15) is 0 Å². The lowest BCUT2D eigenvalue weighted by Crippen LogP contribution is -2.10. The highest BCUT2D eigenvalue weighted by Crippen LogP contribution is 2.32. The van der Waals surface area contributed by atoms with Gasteiger partial charge in [-0.15, -0.1) is 11.3 Å². The number of rotatable bonds is 3. The Hall–Kier alpha value is -0.840. The second-order valence-corrected chi connectivity index (χ2v) is 5.36. The number of nitrogens with one attached hydrogen (secondary N) is 1.